The van der Waals surface area contributed by atoms with E-state index < -0.39 is 18.2 Å². The van der Waals surface area contributed by atoms with Gasteiger partial charge in [-0.25, -0.2) is 8.42 Å². The molecule has 0 aromatic heterocycles. The predicted octanol–water partition coefficient (Wildman–Crippen LogP) is 2.40. The van der Waals surface area contributed by atoms with E-state index in [1.807, 2.05) is 6.07 Å². The first-order chi connectivity index (χ1) is 7.18. The standard InChI is InChI=1S/C10H12ClIO3S/c1-7-5-3-4-6-8(7)9(13)10(11,12)16(2,14)15/h3-6,9,13H,1-2H3. The van der Waals surface area contributed by atoms with Gasteiger partial charge in [-0.15, -0.1) is 0 Å². The highest BCUT2D eigenvalue weighted by Crippen LogP contribution is 2.43. The largest absolute Gasteiger partial charge is 0.385 e. The van der Waals surface area contributed by atoms with Gasteiger partial charge in [0.25, 0.3) is 0 Å². The molecule has 0 bridgehead atoms. The van der Waals surface area contributed by atoms with Crippen molar-refractivity contribution in [2.24, 2.45) is 0 Å². The molecule has 0 amide bonds. The number of aliphatic hydroxyl groups is 1. The van der Waals surface area contributed by atoms with Crippen LogP contribution in [-0.2, 0) is 9.84 Å². The van der Waals surface area contributed by atoms with Crippen LogP contribution in [0.5, 0.6) is 0 Å². The van der Waals surface area contributed by atoms with Crippen molar-refractivity contribution in [1.82, 2.24) is 0 Å². The Morgan fingerprint density at radius 2 is 1.94 bits per heavy atom. The van der Waals surface area contributed by atoms with Crippen LogP contribution in [0.3, 0.4) is 0 Å². The zero-order valence-electron chi connectivity index (χ0n) is 8.81. The number of hydrogen-bond donors (Lipinski definition) is 1. The molecule has 1 aromatic carbocycles. The topological polar surface area (TPSA) is 54.4 Å². The number of alkyl halides is 2. The SMILES string of the molecule is Cc1ccccc1C(O)C(Cl)(I)S(C)(=O)=O. The van der Waals surface area contributed by atoms with Gasteiger partial charge >= 0.3 is 0 Å². The number of aliphatic hydroxyl groups excluding tert-OH is 1. The van der Waals surface area contributed by atoms with Crippen molar-refractivity contribution in [1.29, 1.82) is 0 Å². The molecule has 0 saturated heterocycles. The maximum atomic E-state index is 11.5. The Labute approximate surface area is 114 Å². The summed E-state index contributed by atoms with van der Waals surface area (Å²) in [5.41, 5.74) is 1.33. The van der Waals surface area contributed by atoms with Crippen molar-refractivity contribution in [2.75, 3.05) is 6.26 Å². The van der Waals surface area contributed by atoms with Crippen LogP contribution in [0.2, 0.25) is 0 Å². The highest BCUT2D eigenvalue weighted by atomic mass is 127. The first-order valence-electron chi connectivity index (χ1n) is 4.49. The maximum absolute atomic E-state index is 11.5. The van der Waals surface area contributed by atoms with Gasteiger partial charge in [-0.3, -0.25) is 0 Å². The Morgan fingerprint density at radius 1 is 1.44 bits per heavy atom. The highest BCUT2D eigenvalue weighted by molar-refractivity contribution is 14.1. The number of benzene rings is 1. The molecule has 0 spiro atoms. The van der Waals surface area contributed by atoms with Crippen LogP contribution in [0.15, 0.2) is 24.3 Å². The summed E-state index contributed by atoms with van der Waals surface area (Å²) < 4.78 is 21.2. The molecule has 0 aliphatic rings. The molecule has 1 N–H and O–H groups in total. The first-order valence-corrected chi connectivity index (χ1v) is 7.83. The second kappa shape index (κ2) is 4.80. The van der Waals surface area contributed by atoms with E-state index in [2.05, 4.69) is 0 Å². The Bertz CT molecular complexity index is 485. The third kappa shape index (κ3) is 2.69. The van der Waals surface area contributed by atoms with E-state index in [1.54, 1.807) is 47.7 Å². The predicted molar refractivity (Wildman–Crippen MR) is 73.6 cm³/mol. The zero-order valence-corrected chi connectivity index (χ0v) is 12.5. The molecule has 1 rings (SSSR count). The van der Waals surface area contributed by atoms with Gasteiger partial charge in [0.2, 0.25) is 2.21 Å². The number of halogens is 2. The summed E-state index contributed by atoms with van der Waals surface area (Å²) in [4.78, 5) is 0. The lowest BCUT2D eigenvalue weighted by Gasteiger charge is -2.25. The molecule has 16 heavy (non-hydrogen) atoms. The third-order valence-corrected chi connectivity index (χ3v) is 7.55. The third-order valence-electron chi connectivity index (χ3n) is 2.30. The van der Waals surface area contributed by atoms with Gasteiger partial charge in [-0.05, 0) is 40.6 Å². The van der Waals surface area contributed by atoms with E-state index in [9.17, 15) is 13.5 Å². The van der Waals surface area contributed by atoms with E-state index >= 15 is 0 Å². The van der Waals surface area contributed by atoms with E-state index in [0.717, 1.165) is 11.8 Å². The lowest BCUT2D eigenvalue weighted by molar-refractivity contribution is 0.187. The molecular formula is C10H12ClIO3S. The zero-order chi connectivity index (χ0) is 12.6. The Morgan fingerprint density at radius 3 is 2.38 bits per heavy atom. The van der Waals surface area contributed by atoms with Gasteiger partial charge in [0, 0.05) is 6.26 Å². The molecule has 1 aromatic rings. The van der Waals surface area contributed by atoms with Crippen LogP contribution < -0.4 is 0 Å². The molecule has 2 atom stereocenters. The summed E-state index contributed by atoms with van der Waals surface area (Å²) in [7, 11) is -3.56. The van der Waals surface area contributed by atoms with Gasteiger partial charge in [0.15, 0.2) is 9.84 Å². The van der Waals surface area contributed by atoms with Crippen LogP contribution in [0.4, 0.5) is 0 Å². The average Bonchev–Trinajstić information content (AvgIpc) is 2.15. The molecule has 2 unspecified atom stereocenters. The minimum absolute atomic E-state index is 0.525. The molecule has 0 aliphatic heterocycles. The molecule has 6 heteroatoms. The molecule has 0 saturated carbocycles. The Hall–Kier alpha value is 0.150. The smallest absolute Gasteiger partial charge is 0.224 e. The van der Waals surface area contributed by atoms with Crippen molar-refractivity contribution >= 4 is 44.0 Å². The van der Waals surface area contributed by atoms with E-state index in [1.165, 1.54) is 0 Å². The normalized spacial score (nSPS) is 17.8. The lowest BCUT2D eigenvalue weighted by Crippen LogP contribution is -2.32. The lowest BCUT2D eigenvalue weighted by atomic mass is 10.0. The second-order valence-corrected chi connectivity index (χ2v) is 9.67. The van der Waals surface area contributed by atoms with Crippen molar-refractivity contribution in [3.05, 3.63) is 35.4 Å². The maximum Gasteiger partial charge on any atom is 0.224 e. The van der Waals surface area contributed by atoms with Gasteiger partial charge < -0.3 is 5.11 Å². The Kier molecular flexibility index (Phi) is 4.26. The molecule has 0 heterocycles. The monoisotopic (exact) mass is 374 g/mol. The quantitative estimate of drug-likeness (QED) is 0.653. The van der Waals surface area contributed by atoms with E-state index in [0.29, 0.717) is 5.56 Å². The fraction of sp³-hybridized carbons (Fsp3) is 0.400. The molecule has 90 valence electrons. The first kappa shape index (κ1) is 14.2. The van der Waals surface area contributed by atoms with Crippen LogP contribution in [0.25, 0.3) is 0 Å². The van der Waals surface area contributed by atoms with Gasteiger partial charge in [-0.2, -0.15) is 0 Å². The van der Waals surface area contributed by atoms with Crippen molar-refractivity contribution < 1.29 is 13.5 Å². The summed E-state index contributed by atoms with van der Waals surface area (Å²) in [6.07, 6.45) is -0.250. The molecule has 0 radical (unpaired) electrons. The molecule has 3 nitrogen and oxygen atoms in total. The minimum Gasteiger partial charge on any atom is -0.385 e. The number of aryl methyl sites for hydroxylation is 1. The summed E-state index contributed by atoms with van der Waals surface area (Å²) in [6, 6.07) is 7.01. The van der Waals surface area contributed by atoms with Crippen molar-refractivity contribution in [3.8, 4) is 0 Å². The Balaban J connectivity index is 3.23. The van der Waals surface area contributed by atoms with Crippen molar-refractivity contribution in [3.63, 3.8) is 0 Å². The van der Waals surface area contributed by atoms with Crippen LogP contribution in [0.1, 0.15) is 17.2 Å². The summed E-state index contributed by atoms with van der Waals surface area (Å²) in [5.74, 6) is 0. The van der Waals surface area contributed by atoms with E-state index in [4.69, 9.17) is 11.6 Å². The number of rotatable bonds is 3. The molecular weight excluding hydrogens is 363 g/mol. The summed E-state index contributed by atoms with van der Waals surface area (Å²) in [5, 5.41) is 10.0. The van der Waals surface area contributed by atoms with Gasteiger partial charge in [0.05, 0.1) is 0 Å². The fourth-order valence-electron chi connectivity index (χ4n) is 1.28. The van der Waals surface area contributed by atoms with Crippen LogP contribution in [-0.4, -0.2) is 22.0 Å². The molecule has 0 fully saturated rings. The van der Waals surface area contributed by atoms with E-state index in [-0.39, 0.29) is 0 Å². The average molecular weight is 375 g/mol. The number of sulfone groups is 1. The van der Waals surface area contributed by atoms with Crippen molar-refractivity contribution in [2.45, 2.75) is 15.2 Å². The van der Waals surface area contributed by atoms with Crippen LogP contribution >= 0.6 is 34.2 Å². The minimum atomic E-state index is -3.56. The number of hydrogen-bond acceptors (Lipinski definition) is 3. The fourth-order valence-corrected chi connectivity index (χ4v) is 2.26. The van der Waals surface area contributed by atoms with Gasteiger partial charge in [-0.1, -0.05) is 35.9 Å². The van der Waals surface area contributed by atoms with Gasteiger partial charge in [0.1, 0.15) is 6.10 Å². The van der Waals surface area contributed by atoms with Crippen LogP contribution in [0, 0.1) is 6.92 Å². The summed E-state index contributed by atoms with van der Waals surface area (Å²) in [6.45, 7) is 1.80. The highest BCUT2D eigenvalue weighted by Gasteiger charge is 2.44. The summed E-state index contributed by atoms with van der Waals surface area (Å²) >= 11 is 7.47. The second-order valence-electron chi connectivity index (χ2n) is 3.59. The molecule has 0 aliphatic carbocycles.